The van der Waals surface area contributed by atoms with Crippen molar-refractivity contribution in [2.45, 2.75) is 45.4 Å². The first kappa shape index (κ1) is 20.2. The van der Waals surface area contributed by atoms with E-state index in [9.17, 15) is 18.0 Å². The van der Waals surface area contributed by atoms with Crippen molar-refractivity contribution in [3.63, 3.8) is 0 Å². The molecule has 0 bridgehead atoms. The molecule has 26 heavy (non-hydrogen) atoms. The van der Waals surface area contributed by atoms with E-state index in [1.165, 1.54) is 4.31 Å². The van der Waals surface area contributed by atoms with E-state index in [1.54, 1.807) is 25.1 Å². The Balaban J connectivity index is 1.83. The predicted molar refractivity (Wildman–Crippen MR) is 100.0 cm³/mol. The van der Waals surface area contributed by atoms with E-state index < -0.39 is 16.0 Å². The fourth-order valence-electron chi connectivity index (χ4n) is 3.04. The molecule has 7 nitrogen and oxygen atoms in total. The van der Waals surface area contributed by atoms with Crippen molar-refractivity contribution < 1.29 is 23.1 Å². The number of benzene rings is 1. The number of carbonyl (C=O) groups excluding carboxylic acids is 1. The number of nitrogens with one attached hydrogen (secondary N) is 1. The summed E-state index contributed by atoms with van der Waals surface area (Å²) in [6.07, 6.45) is 3.97. The van der Waals surface area contributed by atoms with Crippen LogP contribution in [0.4, 0.5) is 5.69 Å². The monoisotopic (exact) mass is 382 g/mol. The molecule has 0 atom stereocenters. The molecule has 0 unspecified atom stereocenters. The summed E-state index contributed by atoms with van der Waals surface area (Å²) in [5.41, 5.74) is 1.88. The topological polar surface area (TPSA) is 104 Å². The molecule has 0 spiro atoms. The van der Waals surface area contributed by atoms with Crippen molar-refractivity contribution >= 4 is 27.6 Å². The number of amides is 1. The van der Waals surface area contributed by atoms with Crippen LogP contribution in [-0.2, 0) is 14.8 Å². The Morgan fingerprint density at radius 2 is 1.92 bits per heavy atom. The van der Waals surface area contributed by atoms with Gasteiger partial charge in [-0.2, -0.15) is 0 Å². The van der Waals surface area contributed by atoms with Gasteiger partial charge in [0.1, 0.15) is 0 Å². The highest BCUT2D eigenvalue weighted by Gasteiger charge is 2.28. The summed E-state index contributed by atoms with van der Waals surface area (Å²) in [5, 5.41) is 11.4. The number of hydrogen-bond donors (Lipinski definition) is 2. The van der Waals surface area contributed by atoms with Gasteiger partial charge < -0.3 is 10.4 Å². The summed E-state index contributed by atoms with van der Waals surface area (Å²) in [7, 11) is -3.22. The molecule has 1 aromatic carbocycles. The molecule has 144 valence electrons. The first-order valence-electron chi connectivity index (χ1n) is 8.92. The molecule has 0 aromatic heterocycles. The van der Waals surface area contributed by atoms with Gasteiger partial charge in [0.2, 0.25) is 10.0 Å². The summed E-state index contributed by atoms with van der Waals surface area (Å²) in [5.74, 6) is -0.788. The quantitative estimate of drug-likeness (QED) is 0.638. The Bertz CT molecular complexity index is 761. The van der Waals surface area contributed by atoms with E-state index >= 15 is 0 Å². The van der Waals surface area contributed by atoms with Gasteiger partial charge in [-0.15, -0.1) is 0 Å². The van der Waals surface area contributed by atoms with Crippen LogP contribution in [0, 0.1) is 6.92 Å². The smallest absolute Gasteiger partial charge is 0.303 e. The average molecular weight is 382 g/mol. The number of sulfonamides is 1. The fraction of sp³-hybridized carbons (Fsp3) is 0.556. The number of carboxylic acid groups (broad SMARTS) is 1. The normalized spacial score (nSPS) is 15.8. The van der Waals surface area contributed by atoms with Gasteiger partial charge >= 0.3 is 5.97 Å². The van der Waals surface area contributed by atoms with E-state index in [4.69, 9.17) is 5.11 Å². The van der Waals surface area contributed by atoms with Crippen molar-refractivity contribution in [3.05, 3.63) is 29.3 Å². The lowest BCUT2D eigenvalue weighted by molar-refractivity contribution is -0.137. The maximum Gasteiger partial charge on any atom is 0.303 e. The zero-order valence-electron chi connectivity index (χ0n) is 15.0. The number of aryl methyl sites for hydroxylation is 1. The van der Waals surface area contributed by atoms with Gasteiger partial charge in [-0.25, -0.2) is 8.42 Å². The number of rotatable bonds is 9. The van der Waals surface area contributed by atoms with Crippen LogP contribution in [0.1, 0.15) is 54.4 Å². The predicted octanol–water partition coefficient (Wildman–Crippen LogP) is 2.30. The minimum Gasteiger partial charge on any atom is -0.481 e. The second-order valence-corrected chi connectivity index (χ2v) is 8.57. The van der Waals surface area contributed by atoms with Gasteiger partial charge in [-0.1, -0.05) is 12.8 Å². The van der Waals surface area contributed by atoms with Gasteiger partial charge in [-0.3, -0.25) is 13.9 Å². The molecule has 1 amide bonds. The third-order valence-corrected chi connectivity index (χ3v) is 6.31. The van der Waals surface area contributed by atoms with Crippen LogP contribution in [0.5, 0.6) is 0 Å². The van der Waals surface area contributed by atoms with E-state index in [1.807, 2.05) is 0 Å². The van der Waals surface area contributed by atoms with Crippen LogP contribution >= 0.6 is 0 Å². The number of carboxylic acids is 1. The van der Waals surface area contributed by atoms with E-state index in [0.29, 0.717) is 37.2 Å². The zero-order valence-corrected chi connectivity index (χ0v) is 15.8. The summed E-state index contributed by atoms with van der Waals surface area (Å²) < 4.78 is 25.4. The third-order valence-electron chi connectivity index (χ3n) is 4.44. The molecular formula is C18H26N2O5S. The van der Waals surface area contributed by atoms with Crippen LogP contribution < -0.4 is 9.62 Å². The molecule has 1 aliphatic rings. The van der Waals surface area contributed by atoms with Crippen LogP contribution in [0.2, 0.25) is 0 Å². The molecule has 1 heterocycles. The highest BCUT2D eigenvalue weighted by atomic mass is 32.2. The minimum atomic E-state index is -3.22. The molecule has 1 fully saturated rings. The minimum absolute atomic E-state index is 0.167. The largest absolute Gasteiger partial charge is 0.481 e. The zero-order chi connectivity index (χ0) is 19.2. The maximum atomic E-state index is 12.3. The van der Waals surface area contributed by atoms with Gasteiger partial charge in [-0.05, 0) is 49.9 Å². The molecule has 8 heteroatoms. The van der Waals surface area contributed by atoms with Gasteiger partial charge in [0.25, 0.3) is 5.91 Å². The summed E-state index contributed by atoms with van der Waals surface area (Å²) in [6, 6.07) is 5.08. The van der Waals surface area contributed by atoms with Crippen LogP contribution in [-0.4, -0.2) is 44.2 Å². The Morgan fingerprint density at radius 1 is 1.19 bits per heavy atom. The number of anilines is 1. The lowest BCUT2D eigenvalue weighted by Crippen LogP contribution is -2.27. The molecule has 2 rings (SSSR count). The SMILES string of the molecule is Cc1cc(N2CCCS2(=O)=O)ccc1C(=O)NCCCCCCC(=O)O. The Kier molecular flexibility index (Phi) is 7.02. The number of nitrogens with zero attached hydrogens (tertiary/aromatic N) is 1. The van der Waals surface area contributed by atoms with Crippen molar-refractivity contribution in [1.29, 1.82) is 0 Å². The highest BCUT2D eigenvalue weighted by molar-refractivity contribution is 7.93. The third kappa shape index (κ3) is 5.45. The Hall–Kier alpha value is -2.09. The molecule has 2 N–H and O–H groups in total. The van der Waals surface area contributed by atoms with Crippen LogP contribution in [0.3, 0.4) is 0 Å². The fourth-order valence-corrected chi connectivity index (χ4v) is 4.60. The van der Waals surface area contributed by atoms with Gasteiger partial charge in [0.05, 0.1) is 11.4 Å². The van der Waals surface area contributed by atoms with Crippen LogP contribution in [0.25, 0.3) is 0 Å². The molecule has 0 saturated carbocycles. The van der Waals surface area contributed by atoms with E-state index in [-0.39, 0.29) is 18.1 Å². The first-order chi connectivity index (χ1) is 12.3. The van der Waals surface area contributed by atoms with Crippen molar-refractivity contribution in [1.82, 2.24) is 5.32 Å². The number of unbranched alkanes of at least 4 members (excludes halogenated alkanes) is 3. The highest BCUT2D eigenvalue weighted by Crippen LogP contribution is 2.26. The molecule has 0 radical (unpaired) electrons. The van der Waals surface area contributed by atoms with Crippen molar-refractivity contribution in [2.75, 3.05) is 23.1 Å². The Morgan fingerprint density at radius 3 is 2.54 bits per heavy atom. The van der Waals surface area contributed by atoms with Gasteiger partial charge in [0, 0.05) is 25.1 Å². The second kappa shape index (κ2) is 9.02. The summed E-state index contributed by atoms with van der Waals surface area (Å²) >= 11 is 0. The molecule has 1 aromatic rings. The maximum absolute atomic E-state index is 12.3. The number of aliphatic carboxylic acids is 1. The number of hydrogen-bond acceptors (Lipinski definition) is 4. The molecule has 1 aliphatic heterocycles. The number of carbonyl (C=O) groups is 2. The lowest BCUT2D eigenvalue weighted by atomic mass is 10.1. The van der Waals surface area contributed by atoms with E-state index in [2.05, 4.69) is 5.32 Å². The van der Waals surface area contributed by atoms with Crippen molar-refractivity contribution in [2.24, 2.45) is 0 Å². The Labute approximate surface area is 154 Å². The average Bonchev–Trinajstić information content (AvgIpc) is 2.92. The first-order valence-corrected chi connectivity index (χ1v) is 10.5. The lowest BCUT2D eigenvalue weighted by Gasteiger charge is -2.18. The molecule has 1 saturated heterocycles. The van der Waals surface area contributed by atoms with Gasteiger partial charge in [0.15, 0.2) is 0 Å². The van der Waals surface area contributed by atoms with Crippen LogP contribution in [0.15, 0.2) is 18.2 Å². The van der Waals surface area contributed by atoms with E-state index in [0.717, 1.165) is 24.8 Å². The van der Waals surface area contributed by atoms with Crippen molar-refractivity contribution in [3.8, 4) is 0 Å². The standard InChI is InChI=1S/C18H26N2O5S/c1-14-13-15(20-11-6-12-26(20,24)25)8-9-16(14)18(23)19-10-5-3-2-4-7-17(21)22/h8-9,13H,2-7,10-12H2,1H3,(H,19,23)(H,21,22). The molecular weight excluding hydrogens is 356 g/mol. The molecule has 0 aliphatic carbocycles. The second-order valence-electron chi connectivity index (χ2n) is 6.55. The summed E-state index contributed by atoms with van der Waals surface area (Å²) in [4.78, 5) is 22.7. The summed E-state index contributed by atoms with van der Waals surface area (Å²) in [6.45, 7) is 2.82.